The number of halogens is 1. The fourth-order valence-electron chi connectivity index (χ4n) is 3.77. The van der Waals surface area contributed by atoms with Crippen LogP contribution in [0.25, 0.3) is 0 Å². The van der Waals surface area contributed by atoms with Crippen molar-refractivity contribution in [2.45, 2.75) is 51.2 Å². The molecule has 4 atom stereocenters. The van der Waals surface area contributed by atoms with Crippen LogP contribution in [0.1, 0.15) is 39.0 Å². The molecular formula is C17H30ClN3O3. The number of ether oxygens (including phenoxy) is 1. The summed E-state index contributed by atoms with van der Waals surface area (Å²) in [6.45, 7) is 5.89. The Kier molecular flexibility index (Phi) is 7.32. The van der Waals surface area contributed by atoms with Crippen LogP contribution < -0.4 is 10.6 Å². The highest BCUT2D eigenvalue weighted by Gasteiger charge is 2.46. The SMILES string of the molecule is CCOC1CC1C(=O)N1CCCC(CNC(=O)C2CCCN2)C1.Cl. The van der Waals surface area contributed by atoms with Gasteiger partial charge in [-0.15, -0.1) is 12.4 Å². The topological polar surface area (TPSA) is 70.7 Å². The summed E-state index contributed by atoms with van der Waals surface area (Å²) in [6.07, 6.45) is 5.13. The van der Waals surface area contributed by atoms with Gasteiger partial charge in [-0.05, 0) is 51.5 Å². The minimum atomic E-state index is -0.0188. The van der Waals surface area contributed by atoms with E-state index in [0.29, 0.717) is 19.1 Å². The van der Waals surface area contributed by atoms with Crippen LogP contribution in [0, 0.1) is 11.8 Å². The molecule has 0 bridgehead atoms. The Balaban J connectivity index is 0.00000208. The highest BCUT2D eigenvalue weighted by atomic mass is 35.5. The van der Waals surface area contributed by atoms with Gasteiger partial charge in [-0.2, -0.15) is 0 Å². The summed E-state index contributed by atoms with van der Waals surface area (Å²) in [4.78, 5) is 26.5. The zero-order chi connectivity index (χ0) is 16.2. The quantitative estimate of drug-likeness (QED) is 0.740. The molecule has 0 spiro atoms. The number of piperidine rings is 1. The third kappa shape index (κ3) is 4.83. The first-order valence-electron chi connectivity index (χ1n) is 9.10. The van der Waals surface area contributed by atoms with E-state index in [9.17, 15) is 9.59 Å². The van der Waals surface area contributed by atoms with Gasteiger partial charge in [0.2, 0.25) is 11.8 Å². The van der Waals surface area contributed by atoms with E-state index < -0.39 is 0 Å². The number of amides is 2. The van der Waals surface area contributed by atoms with Crippen LogP contribution in [-0.2, 0) is 14.3 Å². The smallest absolute Gasteiger partial charge is 0.237 e. The molecule has 0 radical (unpaired) electrons. The van der Waals surface area contributed by atoms with Gasteiger partial charge in [0.25, 0.3) is 0 Å². The molecule has 7 heteroatoms. The van der Waals surface area contributed by atoms with Crippen molar-refractivity contribution in [1.82, 2.24) is 15.5 Å². The molecule has 3 fully saturated rings. The normalized spacial score (nSPS) is 32.1. The lowest BCUT2D eigenvalue weighted by Gasteiger charge is -2.33. The van der Waals surface area contributed by atoms with Crippen molar-refractivity contribution in [3.05, 3.63) is 0 Å². The molecule has 2 amide bonds. The second kappa shape index (κ2) is 9.02. The Morgan fingerprint density at radius 2 is 2.12 bits per heavy atom. The monoisotopic (exact) mass is 359 g/mol. The van der Waals surface area contributed by atoms with Crippen molar-refractivity contribution in [2.24, 2.45) is 11.8 Å². The van der Waals surface area contributed by atoms with Crippen molar-refractivity contribution in [1.29, 1.82) is 0 Å². The van der Waals surface area contributed by atoms with Crippen LogP contribution in [0.5, 0.6) is 0 Å². The van der Waals surface area contributed by atoms with Gasteiger partial charge >= 0.3 is 0 Å². The first kappa shape index (κ1) is 19.5. The van der Waals surface area contributed by atoms with E-state index in [1.54, 1.807) is 0 Å². The van der Waals surface area contributed by atoms with Gasteiger partial charge in [0.15, 0.2) is 0 Å². The minimum Gasteiger partial charge on any atom is -0.378 e. The van der Waals surface area contributed by atoms with Crippen molar-refractivity contribution >= 4 is 24.2 Å². The molecule has 6 nitrogen and oxygen atoms in total. The van der Waals surface area contributed by atoms with Gasteiger partial charge in [-0.25, -0.2) is 0 Å². The molecule has 4 unspecified atom stereocenters. The van der Waals surface area contributed by atoms with E-state index in [4.69, 9.17) is 4.74 Å². The molecule has 1 saturated carbocycles. The number of nitrogens with zero attached hydrogens (tertiary/aromatic N) is 1. The van der Waals surface area contributed by atoms with Crippen LogP contribution in [0.15, 0.2) is 0 Å². The van der Waals surface area contributed by atoms with Crippen LogP contribution in [0.2, 0.25) is 0 Å². The van der Waals surface area contributed by atoms with E-state index in [-0.39, 0.29) is 42.3 Å². The third-order valence-electron chi connectivity index (χ3n) is 5.20. The molecule has 2 heterocycles. The highest BCUT2D eigenvalue weighted by Crippen LogP contribution is 2.36. The van der Waals surface area contributed by atoms with Crippen LogP contribution in [0.4, 0.5) is 0 Å². The van der Waals surface area contributed by atoms with Crippen LogP contribution >= 0.6 is 12.4 Å². The van der Waals surface area contributed by atoms with Gasteiger partial charge in [0.1, 0.15) is 0 Å². The molecule has 0 aromatic heterocycles. The zero-order valence-electron chi connectivity index (χ0n) is 14.5. The summed E-state index contributed by atoms with van der Waals surface area (Å²) in [6, 6.07) is -0.0188. The Morgan fingerprint density at radius 3 is 2.83 bits per heavy atom. The molecule has 3 rings (SSSR count). The first-order chi connectivity index (χ1) is 11.2. The first-order valence-corrected chi connectivity index (χ1v) is 9.10. The molecule has 2 aliphatic heterocycles. The minimum absolute atomic E-state index is 0. The average Bonchev–Trinajstić information content (AvgIpc) is 3.11. The maximum Gasteiger partial charge on any atom is 0.237 e. The van der Waals surface area contributed by atoms with Crippen molar-refractivity contribution in [2.75, 3.05) is 32.8 Å². The molecule has 0 aromatic rings. The predicted molar refractivity (Wildman–Crippen MR) is 94.1 cm³/mol. The van der Waals surface area contributed by atoms with Crippen LogP contribution in [0.3, 0.4) is 0 Å². The van der Waals surface area contributed by atoms with Crippen molar-refractivity contribution < 1.29 is 14.3 Å². The lowest BCUT2D eigenvalue weighted by Crippen LogP contribution is -2.47. The van der Waals surface area contributed by atoms with E-state index in [1.807, 2.05) is 11.8 Å². The zero-order valence-corrected chi connectivity index (χ0v) is 15.3. The second-order valence-electron chi connectivity index (χ2n) is 7.02. The Hall–Kier alpha value is -0.850. The van der Waals surface area contributed by atoms with Crippen molar-refractivity contribution in [3.8, 4) is 0 Å². The Morgan fingerprint density at radius 1 is 1.29 bits per heavy atom. The summed E-state index contributed by atoms with van der Waals surface area (Å²) in [5, 5.41) is 6.28. The third-order valence-corrected chi connectivity index (χ3v) is 5.20. The van der Waals surface area contributed by atoms with E-state index in [1.165, 1.54) is 0 Å². The predicted octanol–water partition coefficient (Wildman–Crippen LogP) is 0.940. The van der Waals surface area contributed by atoms with Crippen molar-refractivity contribution in [3.63, 3.8) is 0 Å². The second-order valence-corrected chi connectivity index (χ2v) is 7.02. The molecule has 1 aliphatic carbocycles. The number of hydrogen-bond donors (Lipinski definition) is 2. The number of carbonyl (C=O) groups excluding carboxylic acids is 2. The Labute approximate surface area is 150 Å². The molecule has 3 aliphatic rings. The molecule has 138 valence electrons. The van der Waals surface area contributed by atoms with E-state index in [0.717, 1.165) is 51.7 Å². The maximum atomic E-state index is 12.5. The Bertz CT molecular complexity index is 443. The standard InChI is InChI=1S/C17H29N3O3.ClH/c1-2-23-15-9-13(15)17(22)20-8-4-5-12(11-20)10-19-16(21)14-6-3-7-18-14;/h12-15,18H,2-11H2,1H3,(H,19,21);1H. The number of nitrogens with one attached hydrogen (secondary N) is 2. The van der Waals surface area contributed by atoms with Gasteiger partial charge in [0.05, 0.1) is 18.1 Å². The van der Waals surface area contributed by atoms with Gasteiger partial charge in [0, 0.05) is 26.2 Å². The summed E-state index contributed by atoms with van der Waals surface area (Å²) in [5.41, 5.74) is 0. The molecule has 24 heavy (non-hydrogen) atoms. The van der Waals surface area contributed by atoms with Crippen LogP contribution in [-0.4, -0.2) is 61.6 Å². The highest BCUT2D eigenvalue weighted by molar-refractivity contribution is 5.85. The average molecular weight is 360 g/mol. The summed E-state index contributed by atoms with van der Waals surface area (Å²) >= 11 is 0. The maximum absolute atomic E-state index is 12.5. The molecule has 2 saturated heterocycles. The van der Waals surface area contributed by atoms with Gasteiger partial charge < -0.3 is 20.3 Å². The molecular weight excluding hydrogens is 330 g/mol. The number of carbonyl (C=O) groups is 2. The van der Waals surface area contributed by atoms with Gasteiger partial charge in [-0.1, -0.05) is 0 Å². The number of hydrogen-bond acceptors (Lipinski definition) is 4. The van der Waals surface area contributed by atoms with E-state index in [2.05, 4.69) is 10.6 Å². The molecule has 0 aromatic carbocycles. The molecule has 2 N–H and O–H groups in total. The fourth-order valence-corrected chi connectivity index (χ4v) is 3.77. The van der Waals surface area contributed by atoms with E-state index >= 15 is 0 Å². The fraction of sp³-hybridized carbons (Fsp3) is 0.882. The summed E-state index contributed by atoms with van der Waals surface area (Å²) < 4.78 is 5.53. The number of rotatable bonds is 6. The lowest BCUT2D eigenvalue weighted by atomic mass is 9.97. The summed E-state index contributed by atoms with van der Waals surface area (Å²) in [7, 11) is 0. The largest absolute Gasteiger partial charge is 0.378 e. The lowest BCUT2D eigenvalue weighted by molar-refractivity contribution is -0.135. The summed E-state index contributed by atoms with van der Waals surface area (Å²) in [5.74, 6) is 0.815. The van der Waals surface area contributed by atoms with Gasteiger partial charge in [-0.3, -0.25) is 9.59 Å². The number of likely N-dealkylation sites (tertiary alicyclic amines) is 1.